The van der Waals surface area contributed by atoms with Gasteiger partial charge in [-0.2, -0.15) is 0 Å². The Kier molecular flexibility index (Phi) is 3.60. The van der Waals surface area contributed by atoms with Crippen molar-refractivity contribution in [3.8, 4) is 0 Å². The molecule has 1 rings (SSSR count). The number of benzene rings is 1. The van der Waals surface area contributed by atoms with E-state index in [0.717, 1.165) is 0 Å². The first-order valence-corrected chi connectivity index (χ1v) is 4.79. The van der Waals surface area contributed by atoms with Crippen LogP contribution in [0, 0.1) is 12.7 Å². The normalized spacial score (nSPS) is 10.0. The third-order valence-electron chi connectivity index (χ3n) is 1.73. The largest absolute Gasteiger partial charge is 0.325 e. The van der Waals surface area contributed by atoms with E-state index in [2.05, 4.69) is 21.2 Å². The van der Waals surface area contributed by atoms with Crippen LogP contribution in [0.3, 0.4) is 0 Å². The molecule has 3 nitrogen and oxygen atoms in total. The molecule has 0 unspecified atom stereocenters. The van der Waals surface area contributed by atoms with E-state index in [9.17, 15) is 9.18 Å². The molecule has 0 spiro atoms. The van der Waals surface area contributed by atoms with Gasteiger partial charge in [0.05, 0.1) is 11.0 Å². The zero-order valence-corrected chi connectivity index (χ0v) is 9.19. The maximum atomic E-state index is 13.0. The average Bonchev–Trinajstić information content (AvgIpc) is 2.14. The molecule has 1 amide bonds. The average molecular weight is 261 g/mol. The van der Waals surface area contributed by atoms with Crippen LogP contribution in [-0.4, -0.2) is 12.5 Å². The van der Waals surface area contributed by atoms with Gasteiger partial charge in [0.15, 0.2) is 0 Å². The molecule has 0 radical (unpaired) electrons. The molecule has 0 aliphatic heterocycles. The first kappa shape index (κ1) is 11.1. The van der Waals surface area contributed by atoms with E-state index in [1.165, 1.54) is 12.1 Å². The fraction of sp³-hybridized carbons (Fsp3) is 0.222. The Morgan fingerprint density at radius 2 is 2.29 bits per heavy atom. The van der Waals surface area contributed by atoms with Gasteiger partial charge in [-0.05, 0) is 40.5 Å². The van der Waals surface area contributed by atoms with Crippen molar-refractivity contribution in [2.24, 2.45) is 5.73 Å². The molecule has 0 aromatic heterocycles. The lowest BCUT2D eigenvalue weighted by atomic mass is 10.2. The van der Waals surface area contributed by atoms with Crippen LogP contribution in [-0.2, 0) is 4.79 Å². The highest BCUT2D eigenvalue weighted by molar-refractivity contribution is 9.10. The Morgan fingerprint density at radius 1 is 1.64 bits per heavy atom. The lowest BCUT2D eigenvalue weighted by Crippen LogP contribution is -2.22. The van der Waals surface area contributed by atoms with Gasteiger partial charge in [-0.1, -0.05) is 0 Å². The minimum Gasteiger partial charge on any atom is -0.325 e. The van der Waals surface area contributed by atoms with Crippen molar-refractivity contribution in [3.05, 3.63) is 28.0 Å². The van der Waals surface area contributed by atoms with Crippen LogP contribution in [0.25, 0.3) is 0 Å². The van der Waals surface area contributed by atoms with Gasteiger partial charge in [0.2, 0.25) is 5.91 Å². The first-order valence-electron chi connectivity index (χ1n) is 4.00. The number of aryl methyl sites for hydroxylation is 1. The summed E-state index contributed by atoms with van der Waals surface area (Å²) in [4.78, 5) is 11.0. The van der Waals surface area contributed by atoms with E-state index in [1.807, 2.05) is 0 Å². The summed E-state index contributed by atoms with van der Waals surface area (Å²) >= 11 is 3.03. The van der Waals surface area contributed by atoms with Crippen LogP contribution in [0.15, 0.2) is 16.6 Å². The standard InChI is InChI=1S/C9H10BrFN2O/c1-5-2-7(11)6(10)3-8(5)13-9(14)4-12/h2-3H,4,12H2,1H3,(H,13,14). The summed E-state index contributed by atoms with van der Waals surface area (Å²) in [5.74, 6) is -0.653. The summed E-state index contributed by atoms with van der Waals surface area (Å²) < 4.78 is 13.3. The van der Waals surface area contributed by atoms with E-state index in [-0.39, 0.29) is 18.3 Å². The molecule has 3 N–H and O–H groups in total. The molecule has 0 atom stereocenters. The van der Waals surface area contributed by atoms with E-state index < -0.39 is 0 Å². The Hall–Kier alpha value is -0.940. The van der Waals surface area contributed by atoms with Gasteiger partial charge >= 0.3 is 0 Å². The SMILES string of the molecule is Cc1cc(F)c(Br)cc1NC(=O)CN. The topological polar surface area (TPSA) is 55.1 Å². The maximum Gasteiger partial charge on any atom is 0.238 e. The number of amides is 1. The van der Waals surface area contributed by atoms with Gasteiger partial charge in [0, 0.05) is 5.69 Å². The Labute approximate surface area is 89.6 Å². The molecule has 5 heteroatoms. The van der Waals surface area contributed by atoms with Crippen molar-refractivity contribution < 1.29 is 9.18 Å². The molecule has 0 bridgehead atoms. The molecule has 0 aliphatic carbocycles. The van der Waals surface area contributed by atoms with Crippen molar-refractivity contribution in [1.29, 1.82) is 0 Å². The summed E-state index contributed by atoms with van der Waals surface area (Å²) in [5, 5.41) is 2.57. The van der Waals surface area contributed by atoms with Gasteiger partial charge in [-0.25, -0.2) is 4.39 Å². The molecule has 0 fully saturated rings. The summed E-state index contributed by atoms with van der Waals surface area (Å²) in [7, 11) is 0. The number of carbonyl (C=O) groups is 1. The van der Waals surface area contributed by atoms with Gasteiger partial charge in [0.25, 0.3) is 0 Å². The first-order chi connectivity index (χ1) is 6.54. The van der Waals surface area contributed by atoms with Crippen molar-refractivity contribution in [1.82, 2.24) is 0 Å². The minimum absolute atomic E-state index is 0.0889. The second-order valence-electron chi connectivity index (χ2n) is 2.83. The second kappa shape index (κ2) is 4.52. The number of rotatable bonds is 2. The molecule has 0 heterocycles. The number of hydrogen-bond donors (Lipinski definition) is 2. The number of nitrogens with one attached hydrogen (secondary N) is 1. The highest BCUT2D eigenvalue weighted by Gasteiger charge is 2.07. The van der Waals surface area contributed by atoms with Crippen LogP contribution in [0.4, 0.5) is 10.1 Å². The summed E-state index contributed by atoms with van der Waals surface area (Å²) in [6.45, 7) is 1.62. The molecule has 1 aromatic carbocycles. The fourth-order valence-corrected chi connectivity index (χ4v) is 1.33. The van der Waals surface area contributed by atoms with Gasteiger partial charge in [-0.3, -0.25) is 4.79 Å². The van der Waals surface area contributed by atoms with Crippen LogP contribution in [0.1, 0.15) is 5.56 Å². The summed E-state index contributed by atoms with van der Waals surface area (Å²) in [6.07, 6.45) is 0. The molecule has 1 aromatic rings. The lowest BCUT2D eigenvalue weighted by molar-refractivity contribution is -0.114. The number of nitrogens with two attached hydrogens (primary N) is 1. The zero-order valence-electron chi connectivity index (χ0n) is 7.60. The van der Waals surface area contributed by atoms with Gasteiger partial charge in [-0.15, -0.1) is 0 Å². The van der Waals surface area contributed by atoms with Crippen LogP contribution < -0.4 is 11.1 Å². The molecular weight excluding hydrogens is 251 g/mol. The molecule has 0 saturated carbocycles. The minimum atomic E-state index is -0.353. The van der Waals surface area contributed by atoms with Crippen LogP contribution in [0.5, 0.6) is 0 Å². The molecule has 14 heavy (non-hydrogen) atoms. The Balaban J connectivity index is 2.98. The van der Waals surface area contributed by atoms with Crippen LogP contribution in [0.2, 0.25) is 0 Å². The molecule has 76 valence electrons. The number of hydrogen-bond acceptors (Lipinski definition) is 2. The summed E-state index contributed by atoms with van der Waals surface area (Å²) in [5.41, 5.74) is 6.36. The highest BCUT2D eigenvalue weighted by Crippen LogP contribution is 2.23. The van der Waals surface area contributed by atoms with Gasteiger partial charge in [0.1, 0.15) is 5.82 Å². The monoisotopic (exact) mass is 260 g/mol. The number of halogens is 2. The van der Waals surface area contributed by atoms with E-state index in [4.69, 9.17) is 5.73 Å². The predicted molar refractivity (Wildman–Crippen MR) is 56.5 cm³/mol. The van der Waals surface area contributed by atoms with E-state index in [0.29, 0.717) is 15.7 Å². The molecule has 0 saturated heterocycles. The van der Waals surface area contributed by atoms with Crippen molar-refractivity contribution in [2.45, 2.75) is 6.92 Å². The number of anilines is 1. The number of carbonyl (C=O) groups excluding carboxylic acids is 1. The maximum absolute atomic E-state index is 13.0. The highest BCUT2D eigenvalue weighted by atomic mass is 79.9. The lowest BCUT2D eigenvalue weighted by Gasteiger charge is -2.08. The predicted octanol–water partition coefficient (Wildman–Crippen LogP) is 1.79. The quantitative estimate of drug-likeness (QED) is 0.852. The molecule has 0 aliphatic rings. The third-order valence-corrected chi connectivity index (χ3v) is 2.33. The van der Waals surface area contributed by atoms with Crippen molar-refractivity contribution >= 4 is 27.5 Å². The summed E-state index contributed by atoms with van der Waals surface area (Å²) in [6, 6.07) is 2.86. The Bertz CT molecular complexity index is 368. The van der Waals surface area contributed by atoms with E-state index in [1.54, 1.807) is 6.92 Å². The van der Waals surface area contributed by atoms with Gasteiger partial charge < -0.3 is 11.1 Å². The smallest absolute Gasteiger partial charge is 0.238 e. The molecular formula is C9H10BrFN2O. The zero-order chi connectivity index (χ0) is 10.7. The fourth-order valence-electron chi connectivity index (χ4n) is 0.982. The third kappa shape index (κ3) is 2.52. The van der Waals surface area contributed by atoms with Crippen molar-refractivity contribution in [2.75, 3.05) is 11.9 Å². The second-order valence-corrected chi connectivity index (χ2v) is 3.69. The van der Waals surface area contributed by atoms with Crippen molar-refractivity contribution in [3.63, 3.8) is 0 Å². The van der Waals surface area contributed by atoms with E-state index >= 15 is 0 Å². The van der Waals surface area contributed by atoms with Crippen LogP contribution >= 0.6 is 15.9 Å². The Morgan fingerprint density at radius 3 is 2.86 bits per heavy atom.